The molecular formula is C9H8N2O2. The maximum atomic E-state index is 11.0. The Balaban J connectivity index is 2.59. The van der Waals surface area contributed by atoms with Crippen molar-refractivity contribution in [3.8, 4) is 11.3 Å². The highest BCUT2D eigenvalue weighted by molar-refractivity contribution is 5.60. The van der Waals surface area contributed by atoms with Crippen LogP contribution in [0.1, 0.15) is 5.56 Å². The number of aromatic amines is 1. The Labute approximate surface area is 74.2 Å². The van der Waals surface area contributed by atoms with Gasteiger partial charge in [0.15, 0.2) is 0 Å². The van der Waals surface area contributed by atoms with Gasteiger partial charge in [-0.2, -0.15) is 0 Å². The summed E-state index contributed by atoms with van der Waals surface area (Å²) in [6.07, 6.45) is 4.58. The van der Waals surface area contributed by atoms with E-state index in [0.717, 1.165) is 11.1 Å². The van der Waals surface area contributed by atoms with E-state index in [0.29, 0.717) is 5.69 Å². The van der Waals surface area contributed by atoms with Gasteiger partial charge in [-0.15, -0.1) is 0 Å². The maximum Gasteiger partial charge on any atom is 0.251 e. The molecule has 2 heterocycles. The SMILES string of the molecule is Cc1cocc1-c1cc(=O)[nH]cn1. The number of aryl methyl sites for hydroxylation is 1. The summed E-state index contributed by atoms with van der Waals surface area (Å²) in [6, 6.07) is 1.44. The van der Waals surface area contributed by atoms with Gasteiger partial charge >= 0.3 is 0 Å². The van der Waals surface area contributed by atoms with Gasteiger partial charge in [-0.3, -0.25) is 4.79 Å². The van der Waals surface area contributed by atoms with Crippen molar-refractivity contribution in [3.05, 3.63) is 40.8 Å². The molecule has 2 rings (SSSR count). The van der Waals surface area contributed by atoms with Crippen molar-refractivity contribution in [3.63, 3.8) is 0 Å². The zero-order valence-electron chi connectivity index (χ0n) is 7.07. The van der Waals surface area contributed by atoms with E-state index in [4.69, 9.17) is 4.42 Å². The highest BCUT2D eigenvalue weighted by Gasteiger charge is 2.04. The summed E-state index contributed by atoms with van der Waals surface area (Å²) in [5.74, 6) is 0. The van der Waals surface area contributed by atoms with Crippen molar-refractivity contribution in [2.45, 2.75) is 6.92 Å². The molecule has 0 saturated heterocycles. The molecule has 1 N–H and O–H groups in total. The van der Waals surface area contributed by atoms with Gasteiger partial charge in [-0.1, -0.05) is 0 Å². The van der Waals surface area contributed by atoms with Gasteiger partial charge < -0.3 is 9.40 Å². The molecule has 0 spiro atoms. The molecule has 0 aliphatic carbocycles. The summed E-state index contributed by atoms with van der Waals surface area (Å²) in [7, 11) is 0. The van der Waals surface area contributed by atoms with E-state index in [-0.39, 0.29) is 5.56 Å². The number of rotatable bonds is 1. The van der Waals surface area contributed by atoms with Crippen LogP contribution in [0.2, 0.25) is 0 Å². The fourth-order valence-corrected chi connectivity index (χ4v) is 1.14. The van der Waals surface area contributed by atoms with Gasteiger partial charge in [-0.05, 0) is 12.5 Å². The van der Waals surface area contributed by atoms with Crippen LogP contribution in [0.5, 0.6) is 0 Å². The summed E-state index contributed by atoms with van der Waals surface area (Å²) >= 11 is 0. The Kier molecular flexibility index (Phi) is 1.73. The molecule has 0 aromatic carbocycles. The van der Waals surface area contributed by atoms with Gasteiger partial charge in [0.2, 0.25) is 0 Å². The summed E-state index contributed by atoms with van der Waals surface area (Å²) in [5, 5.41) is 0. The predicted molar refractivity (Wildman–Crippen MR) is 47.3 cm³/mol. The molecule has 4 heteroatoms. The van der Waals surface area contributed by atoms with Crippen molar-refractivity contribution in [1.82, 2.24) is 9.97 Å². The van der Waals surface area contributed by atoms with E-state index in [2.05, 4.69) is 9.97 Å². The zero-order valence-corrected chi connectivity index (χ0v) is 7.07. The van der Waals surface area contributed by atoms with Crippen LogP contribution in [0.15, 0.2) is 34.1 Å². The molecule has 4 nitrogen and oxygen atoms in total. The van der Waals surface area contributed by atoms with Crippen LogP contribution in [-0.4, -0.2) is 9.97 Å². The number of furan rings is 1. The van der Waals surface area contributed by atoms with Crippen LogP contribution < -0.4 is 5.56 Å². The standard InChI is InChI=1S/C9H8N2O2/c1-6-3-13-4-7(6)8-2-9(12)11-5-10-8/h2-5H,1H3,(H,10,11,12). The first-order chi connectivity index (χ1) is 6.27. The van der Waals surface area contributed by atoms with Gasteiger partial charge in [0.25, 0.3) is 5.56 Å². The molecular weight excluding hydrogens is 168 g/mol. The Morgan fingerprint density at radius 3 is 2.92 bits per heavy atom. The first-order valence-electron chi connectivity index (χ1n) is 3.85. The van der Waals surface area contributed by atoms with E-state index in [1.54, 1.807) is 12.5 Å². The third kappa shape index (κ3) is 1.38. The molecule has 0 atom stereocenters. The van der Waals surface area contributed by atoms with Gasteiger partial charge in [-0.25, -0.2) is 4.98 Å². The van der Waals surface area contributed by atoms with Gasteiger partial charge in [0, 0.05) is 11.6 Å². The number of nitrogens with one attached hydrogen (secondary N) is 1. The monoisotopic (exact) mass is 176 g/mol. The lowest BCUT2D eigenvalue weighted by atomic mass is 10.1. The summed E-state index contributed by atoms with van der Waals surface area (Å²) < 4.78 is 4.99. The van der Waals surface area contributed by atoms with Crippen molar-refractivity contribution in [2.24, 2.45) is 0 Å². The van der Waals surface area contributed by atoms with Crippen LogP contribution in [0.3, 0.4) is 0 Å². The summed E-state index contributed by atoms with van der Waals surface area (Å²) in [4.78, 5) is 17.5. The first-order valence-corrected chi connectivity index (χ1v) is 3.85. The Bertz CT molecular complexity index is 470. The molecule has 0 bridgehead atoms. The van der Waals surface area contributed by atoms with Crippen molar-refractivity contribution >= 4 is 0 Å². The molecule has 66 valence electrons. The summed E-state index contributed by atoms with van der Waals surface area (Å²) in [6.45, 7) is 1.90. The minimum Gasteiger partial charge on any atom is -0.472 e. The Hall–Kier alpha value is -1.84. The van der Waals surface area contributed by atoms with E-state index in [1.165, 1.54) is 12.4 Å². The number of H-pyrrole nitrogens is 1. The first kappa shape index (κ1) is 7.79. The van der Waals surface area contributed by atoms with Gasteiger partial charge in [0.1, 0.15) is 0 Å². The molecule has 0 amide bonds. The normalized spacial score (nSPS) is 10.2. The van der Waals surface area contributed by atoms with E-state index < -0.39 is 0 Å². The number of hydrogen-bond acceptors (Lipinski definition) is 3. The lowest BCUT2D eigenvalue weighted by Gasteiger charge is -1.94. The average molecular weight is 176 g/mol. The third-order valence-electron chi connectivity index (χ3n) is 1.81. The van der Waals surface area contributed by atoms with Crippen LogP contribution in [-0.2, 0) is 0 Å². The molecule has 13 heavy (non-hydrogen) atoms. The third-order valence-corrected chi connectivity index (χ3v) is 1.81. The van der Waals surface area contributed by atoms with Crippen molar-refractivity contribution in [1.29, 1.82) is 0 Å². The van der Waals surface area contributed by atoms with Crippen molar-refractivity contribution in [2.75, 3.05) is 0 Å². The van der Waals surface area contributed by atoms with Crippen LogP contribution in [0, 0.1) is 6.92 Å². The molecule has 0 saturated carbocycles. The smallest absolute Gasteiger partial charge is 0.251 e. The fourth-order valence-electron chi connectivity index (χ4n) is 1.14. The van der Waals surface area contributed by atoms with Crippen LogP contribution >= 0.6 is 0 Å². The zero-order chi connectivity index (χ0) is 9.26. The lowest BCUT2D eigenvalue weighted by Crippen LogP contribution is -2.04. The van der Waals surface area contributed by atoms with E-state index >= 15 is 0 Å². The van der Waals surface area contributed by atoms with E-state index in [9.17, 15) is 4.79 Å². The average Bonchev–Trinajstić information content (AvgIpc) is 2.51. The topological polar surface area (TPSA) is 58.9 Å². The fraction of sp³-hybridized carbons (Fsp3) is 0.111. The second-order valence-electron chi connectivity index (χ2n) is 2.76. The molecule has 0 aliphatic rings. The van der Waals surface area contributed by atoms with Crippen LogP contribution in [0.4, 0.5) is 0 Å². The predicted octanol–water partition coefficient (Wildman–Crippen LogP) is 1.34. The number of nitrogens with zero attached hydrogens (tertiary/aromatic N) is 1. The quantitative estimate of drug-likeness (QED) is 0.713. The minimum absolute atomic E-state index is 0.161. The second-order valence-corrected chi connectivity index (χ2v) is 2.76. The highest BCUT2D eigenvalue weighted by Crippen LogP contribution is 2.19. The molecule has 2 aromatic heterocycles. The molecule has 2 aromatic rings. The molecule has 0 fully saturated rings. The highest BCUT2D eigenvalue weighted by atomic mass is 16.3. The van der Waals surface area contributed by atoms with Crippen LogP contribution in [0.25, 0.3) is 11.3 Å². The van der Waals surface area contributed by atoms with E-state index in [1.807, 2.05) is 6.92 Å². The van der Waals surface area contributed by atoms with Crippen molar-refractivity contribution < 1.29 is 4.42 Å². The molecule has 0 radical (unpaired) electrons. The van der Waals surface area contributed by atoms with Gasteiger partial charge in [0.05, 0.1) is 24.5 Å². The second kappa shape index (κ2) is 2.90. The molecule has 0 aliphatic heterocycles. The maximum absolute atomic E-state index is 11.0. The number of aromatic nitrogens is 2. The number of hydrogen-bond donors (Lipinski definition) is 1. The Morgan fingerprint density at radius 2 is 2.31 bits per heavy atom. The summed E-state index contributed by atoms with van der Waals surface area (Å²) in [5.41, 5.74) is 2.30. The largest absolute Gasteiger partial charge is 0.472 e. The lowest BCUT2D eigenvalue weighted by molar-refractivity contribution is 0.566. The Morgan fingerprint density at radius 1 is 1.46 bits per heavy atom. The minimum atomic E-state index is -0.161. The molecule has 0 unspecified atom stereocenters.